The highest BCUT2D eigenvalue weighted by Crippen LogP contribution is 2.35. The van der Waals surface area contributed by atoms with Gasteiger partial charge in [-0.15, -0.1) is 0 Å². The number of anilines is 2. The van der Waals surface area contributed by atoms with Gasteiger partial charge in [0.05, 0.1) is 17.8 Å². The Morgan fingerprint density at radius 1 is 1.10 bits per heavy atom. The molecule has 0 atom stereocenters. The molecule has 0 heterocycles. The van der Waals surface area contributed by atoms with E-state index in [0.717, 1.165) is 23.2 Å². The molecule has 0 amide bonds. The molecule has 0 fully saturated rings. The predicted octanol–water partition coefficient (Wildman–Crippen LogP) is 3.67. The maximum absolute atomic E-state index is 6.34. The zero-order chi connectivity index (χ0) is 14.7. The zero-order valence-corrected chi connectivity index (χ0v) is 12.5. The Morgan fingerprint density at radius 2 is 1.80 bits per heavy atom. The topological polar surface area (TPSA) is 61.3 Å². The van der Waals surface area contributed by atoms with E-state index in [4.69, 9.17) is 27.8 Å². The van der Waals surface area contributed by atoms with E-state index in [-0.39, 0.29) is 0 Å². The Hall–Kier alpha value is -1.87. The molecule has 0 unspecified atom stereocenters. The summed E-state index contributed by atoms with van der Waals surface area (Å²) in [6.45, 7) is 2.11. The average molecular weight is 291 g/mol. The minimum atomic E-state index is 0.531. The molecule has 3 nitrogen and oxygen atoms in total. The first-order valence-electron chi connectivity index (χ1n) is 6.54. The van der Waals surface area contributed by atoms with Crippen molar-refractivity contribution in [1.82, 2.24) is 0 Å². The lowest BCUT2D eigenvalue weighted by atomic mass is 10.0. The number of rotatable bonds is 4. The fourth-order valence-electron chi connectivity index (χ4n) is 2.27. The second-order valence-electron chi connectivity index (χ2n) is 4.77. The summed E-state index contributed by atoms with van der Waals surface area (Å²) in [6, 6.07) is 9.85. The van der Waals surface area contributed by atoms with E-state index >= 15 is 0 Å². The van der Waals surface area contributed by atoms with Gasteiger partial charge in [-0.1, -0.05) is 30.7 Å². The first-order valence-corrected chi connectivity index (χ1v) is 6.92. The lowest BCUT2D eigenvalue weighted by Gasteiger charge is -2.12. The van der Waals surface area contributed by atoms with Gasteiger partial charge in [-0.25, -0.2) is 0 Å². The molecule has 0 aromatic heterocycles. The third-order valence-electron chi connectivity index (χ3n) is 3.29. The molecule has 2 rings (SSSR count). The van der Waals surface area contributed by atoms with Gasteiger partial charge >= 0.3 is 0 Å². The standard InChI is InChI=1S/C16H19ClN2O/c1-3-10-6-11(9-13(18)8-10)7-12-4-5-14(19)16(20-2)15(12)17/h4-6,8-9H,3,7,18-19H2,1-2H3. The van der Waals surface area contributed by atoms with Crippen LogP contribution in [0.3, 0.4) is 0 Å². The minimum absolute atomic E-state index is 0.531. The van der Waals surface area contributed by atoms with E-state index in [1.807, 2.05) is 24.3 Å². The molecule has 0 saturated heterocycles. The Bertz CT molecular complexity index is 626. The van der Waals surface area contributed by atoms with Gasteiger partial charge in [0.25, 0.3) is 0 Å². The van der Waals surface area contributed by atoms with Gasteiger partial charge in [0.2, 0.25) is 0 Å². The first kappa shape index (κ1) is 14.5. The van der Waals surface area contributed by atoms with Gasteiger partial charge in [0, 0.05) is 5.69 Å². The summed E-state index contributed by atoms with van der Waals surface area (Å²) in [7, 11) is 1.57. The van der Waals surface area contributed by atoms with E-state index < -0.39 is 0 Å². The molecule has 4 N–H and O–H groups in total. The third kappa shape index (κ3) is 2.99. The van der Waals surface area contributed by atoms with Crippen LogP contribution in [0.25, 0.3) is 0 Å². The van der Waals surface area contributed by atoms with E-state index in [1.165, 1.54) is 5.56 Å². The number of ether oxygens (including phenoxy) is 1. The van der Waals surface area contributed by atoms with E-state index in [1.54, 1.807) is 7.11 Å². The lowest BCUT2D eigenvalue weighted by molar-refractivity contribution is 0.417. The molecule has 20 heavy (non-hydrogen) atoms. The SMILES string of the molecule is CCc1cc(N)cc(Cc2ccc(N)c(OC)c2Cl)c1. The number of nitrogens with two attached hydrogens (primary N) is 2. The minimum Gasteiger partial charge on any atom is -0.493 e. The molecular weight excluding hydrogens is 272 g/mol. The van der Waals surface area contributed by atoms with Crippen LogP contribution in [0.5, 0.6) is 5.75 Å². The summed E-state index contributed by atoms with van der Waals surface area (Å²) in [6.07, 6.45) is 1.66. The Labute approximate surface area is 124 Å². The number of nitrogen functional groups attached to an aromatic ring is 2. The normalized spacial score (nSPS) is 10.6. The van der Waals surface area contributed by atoms with E-state index in [0.29, 0.717) is 22.9 Å². The number of halogens is 1. The molecule has 0 aliphatic carbocycles. The lowest BCUT2D eigenvalue weighted by Crippen LogP contribution is -1.98. The van der Waals surface area contributed by atoms with E-state index in [2.05, 4.69) is 13.0 Å². The Kier molecular flexibility index (Phi) is 4.40. The number of hydrogen-bond acceptors (Lipinski definition) is 3. The quantitative estimate of drug-likeness (QED) is 0.845. The molecule has 0 spiro atoms. The molecule has 106 valence electrons. The molecule has 0 aliphatic rings. The highest BCUT2D eigenvalue weighted by atomic mass is 35.5. The summed E-state index contributed by atoms with van der Waals surface area (Å²) in [5.74, 6) is 0.531. The maximum atomic E-state index is 6.34. The van der Waals surface area contributed by atoms with Crippen LogP contribution < -0.4 is 16.2 Å². The van der Waals surface area contributed by atoms with Gasteiger partial charge in [-0.3, -0.25) is 0 Å². The van der Waals surface area contributed by atoms with Crippen molar-refractivity contribution in [2.75, 3.05) is 18.6 Å². The fraction of sp³-hybridized carbons (Fsp3) is 0.250. The number of hydrogen-bond donors (Lipinski definition) is 2. The fourth-order valence-corrected chi connectivity index (χ4v) is 2.59. The van der Waals surface area contributed by atoms with Gasteiger partial charge in [-0.05, 0) is 47.7 Å². The molecular formula is C16H19ClN2O. The highest BCUT2D eigenvalue weighted by molar-refractivity contribution is 6.33. The van der Waals surface area contributed by atoms with Crippen molar-refractivity contribution in [2.45, 2.75) is 19.8 Å². The smallest absolute Gasteiger partial charge is 0.160 e. The largest absolute Gasteiger partial charge is 0.493 e. The van der Waals surface area contributed by atoms with Gasteiger partial charge in [0.15, 0.2) is 5.75 Å². The van der Waals surface area contributed by atoms with Crippen LogP contribution in [0.4, 0.5) is 11.4 Å². The van der Waals surface area contributed by atoms with Crippen LogP contribution in [0.2, 0.25) is 5.02 Å². The van der Waals surface area contributed by atoms with Gasteiger partial charge < -0.3 is 16.2 Å². The molecule has 0 bridgehead atoms. The third-order valence-corrected chi connectivity index (χ3v) is 3.70. The molecule has 4 heteroatoms. The number of aryl methyl sites for hydroxylation is 1. The van der Waals surface area contributed by atoms with Crippen molar-refractivity contribution < 1.29 is 4.74 Å². The molecule has 0 radical (unpaired) electrons. The second kappa shape index (κ2) is 6.06. The molecule has 2 aromatic carbocycles. The van der Waals surface area contributed by atoms with Crippen molar-refractivity contribution in [2.24, 2.45) is 0 Å². The molecule has 0 saturated carbocycles. The van der Waals surface area contributed by atoms with Crippen molar-refractivity contribution in [3.8, 4) is 5.75 Å². The van der Waals surface area contributed by atoms with Crippen molar-refractivity contribution in [1.29, 1.82) is 0 Å². The van der Waals surface area contributed by atoms with Crippen LogP contribution in [0.1, 0.15) is 23.6 Å². The average Bonchev–Trinajstić information content (AvgIpc) is 2.42. The van der Waals surface area contributed by atoms with Crippen LogP contribution in [-0.4, -0.2) is 7.11 Å². The molecule has 2 aromatic rings. The summed E-state index contributed by atoms with van der Waals surface area (Å²) >= 11 is 6.34. The van der Waals surface area contributed by atoms with Crippen molar-refractivity contribution in [3.63, 3.8) is 0 Å². The molecule has 0 aliphatic heterocycles. The predicted molar refractivity (Wildman–Crippen MR) is 85.5 cm³/mol. The summed E-state index contributed by atoms with van der Waals surface area (Å²) in [4.78, 5) is 0. The zero-order valence-electron chi connectivity index (χ0n) is 11.7. The van der Waals surface area contributed by atoms with Crippen LogP contribution >= 0.6 is 11.6 Å². The summed E-state index contributed by atoms with van der Waals surface area (Å²) in [5, 5.41) is 0.563. The Balaban J connectivity index is 2.37. The van der Waals surface area contributed by atoms with Crippen LogP contribution in [0, 0.1) is 0 Å². The summed E-state index contributed by atoms with van der Waals surface area (Å²) < 4.78 is 5.24. The summed E-state index contributed by atoms with van der Waals surface area (Å²) in [5.41, 5.74) is 16.4. The number of benzene rings is 2. The van der Waals surface area contributed by atoms with Gasteiger partial charge in [-0.2, -0.15) is 0 Å². The maximum Gasteiger partial charge on any atom is 0.160 e. The van der Waals surface area contributed by atoms with Crippen LogP contribution in [-0.2, 0) is 12.8 Å². The second-order valence-corrected chi connectivity index (χ2v) is 5.15. The monoisotopic (exact) mass is 290 g/mol. The number of methoxy groups -OCH3 is 1. The van der Waals surface area contributed by atoms with Crippen molar-refractivity contribution >= 4 is 23.0 Å². The van der Waals surface area contributed by atoms with Crippen molar-refractivity contribution in [3.05, 3.63) is 52.0 Å². The van der Waals surface area contributed by atoms with Gasteiger partial charge in [0.1, 0.15) is 0 Å². The first-order chi connectivity index (χ1) is 9.55. The van der Waals surface area contributed by atoms with E-state index in [9.17, 15) is 0 Å². The Morgan fingerprint density at radius 3 is 2.45 bits per heavy atom. The highest BCUT2D eigenvalue weighted by Gasteiger charge is 2.11. The van der Waals surface area contributed by atoms with Crippen LogP contribution in [0.15, 0.2) is 30.3 Å².